The van der Waals surface area contributed by atoms with Crippen LogP contribution in [-0.2, 0) is 16.4 Å². The Labute approximate surface area is 183 Å². The molecule has 1 heterocycles. The molecular formula is C23H40N4O2S. The summed E-state index contributed by atoms with van der Waals surface area (Å²) in [5.41, 5.74) is 1.77. The van der Waals surface area contributed by atoms with Crippen molar-refractivity contribution >= 4 is 15.8 Å². The van der Waals surface area contributed by atoms with Gasteiger partial charge in [-0.15, -0.1) is 0 Å². The molecule has 1 saturated heterocycles. The summed E-state index contributed by atoms with van der Waals surface area (Å²) in [5.74, 6) is 2.21. The van der Waals surface area contributed by atoms with E-state index in [0.717, 1.165) is 36.1 Å². The molecule has 0 saturated carbocycles. The second kappa shape index (κ2) is 11.1. The highest BCUT2D eigenvalue weighted by molar-refractivity contribution is 7.90. The molecule has 0 aliphatic carbocycles. The van der Waals surface area contributed by atoms with E-state index in [2.05, 4.69) is 43.2 Å². The number of nitrogens with zero attached hydrogens (tertiary/aromatic N) is 2. The van der Waals surface area contributed by atoms with Crippen LogP contribution in [0.1, 0.15) is 51.7 Å². The first-order chi connectivity index (χ1) is 14.1. The largest absolute Gasteiger partial charge is 0.357 e. The number of piperidine rings is 1. The Morgan fingerprint density at radius 2 is 1.90 bits per heavy atom. The van der Waals surface area contributed by atoms with Crippen molar-refractivity contribution < 1.29 is 8.42 Å². The number of aliphatic imine (C=N–C) groups is 1. The average molecular weight is 437 g/mol. The molecule has 1 aromatic rings. The van der Waals surface area contributed by atoms with Crippen molar-refractivity contribution in [2.75, 3.05) is 32.4 Å². The van der Waals surface area contributed by atoms with Gasteiger partial charge in [-0.1, -0.05) is 32.9 Å². The average Bonchev–Trinajstić information content (AvgIpc) is 2.66. The number of benzene rings is 1. The molecule has 0 spiro atoms. The van der Waals surface area contributed by atoms with Crippen LogP contribution in [0.3, 0.4) is 0 Å². The van der Waals surface area contributed by atoms with Crippen LogP contribution >= 0.6 is 0 Å². The molecule has 0 amide bonds. The molecule has 0 aromatic heterocycles. The summed E-state index contributed by atoms with van der Waals surface area (Å²) in [6, 6.07) is 5.93. The lowest BCUT2D eigenvalue weighted by Gasteiger charge is -2.39. The third-order valence-corrected chi connectivity index (χ3v) is 7.20. The standard InChI is InChI=1S/C23H40N4O2S/c1-7-24-23(25-15-20-8-9-22(19(5)14-20)30(6,28)29)26-16-21(17(2)3)27-12-10-18(4)11-13-27/h8-9,14,17-18,21H,7,10-13,15-16H2,1-6H3,(H2,24,25,26). The highest BCUT2D eigenvalue weighted by Crippen LogP contribution is 2.21. The molecule has 1 atom stereocenters. The van der Waals surface area contributed by atoms with E-state index in [1.165, 1.54) is 32.2 Å². The maximum Gasteiger partial charge on any atom is 0.191 e. The van der Waals surface area contributed by atoms with E-state index in [9.17, 15) is 8.42 Å². The number of rotatable bonds is 8. The summed E-state index contributed by atoms with van der Waals surface area (Å²) in [7, 11) is -3.20. The zero-order valence-electron chi connectivity index (χ0n) is 19.5. The number of aryl methyl sites for hydroxylation is 1. The van der Waals surface area contributed by atoms with E-state index in [0.29, 0.717) is 23.4 Å². The molecule has 1 aliphatic rings. The molecule has 1 unspecified atom stereocenters. The van der Waals surface area contributed by atoms with Gasteiger partial charge in [0, 0.05) is 25.4 Å². The first kappa shape index (κ1) is 24.7. The van der Waals surface area contributed by atoms with Crippen molar-refractivity contribution in [3.8, 4) is 0 Å². The summed E-state index contributed by atoms with van der Waals surface area (Å²) in [4.78, 5) is 7.74. The molecule has 7 heteroatoms. The molecule has 0 radical (unpaired) electrons. The van der Waals surface area contributed by atoms with Gasteiger partial charge in [0.1, 0.15) is 0 Å². The molecular weight excluding hydrogens is 396 g/mol. The summed E-state index contributed by atoms with van der Waals surface area (Å²) in [6.07, 6.45) is 3.80. The van der Waals surface area contributed by atoms with Crippen molar-refractivity contribution in [1.82, 2.24) is 15.5 Å². The Morgan fingerprint density at radius 3 is 2.43 bits per heavy atom. The van der Waals surface area contributed by atoms with Crippen molar-refractivity contribution in [2.24, 2.45) is 16.8 Å². The monoisotopic (exact) mass is 436 g/mol. The van der Waals surface area contributed by atoms with Crippen molar-refractivity contribution in [2.45, 2.75) is 64.9 Å². The highest BCUT2D eigenvalue weighted by atomic mass is 32.2. The molecule has 0 bridgehead atoms. The van der Waals surface area contributed by atoms with Gasteiger partial charge < -0.3 is 10.6 Å². The van der Waals surface area contributed by atoms with E-state index < -0.39 is 9.84 Å². The van der Waals surface area contributed by atoms with Gasteiger partial charge in [0.05, 0.1) is 11.4 Å². The van der Waals surface area contributed by atoms with Gasteiger partial charge in [-0.2, -0.15) is 0 Å². The highest BCUT2D eigenvalue weighted by Gasteiger charge is 2.25. The quantitative estimate of drug-likeness (QED) is 0.484. The molecule has 1 aliphatic heterocycles. The van der Waals surface area contributed by atoms with Crippen LogP contribution in [0.25, 0.3) is 0 Å². The first-order valence-electron chi connectivity index (χ1n) is 11.2. The van der Waals surface area contributed by atoms with Gasteiger partial charge in [-0.05, 0) is 68.8 Å². The summed E-state index contributed by atoms with van der Waals surface area (Å²) in [5, 5.41) is 6.86. The van der Waals surface area contributed by atoms with Gasteiger partial charge in [-0.25, -0.2) is 13.4 Å². The third-order valence-electron chi connectivity index (χ3n) is 5.94. The minimum absolute atomic E-state index is 0.385. The first-order valence-corrected chi connectivity index (χ1v) is 13.1. The van der Waals surface area contributed by atoms with Crippen molar-refractivity contribution in [3.63, 3.8) is 0 Å². The lowest BCUT2D eigenvalue weighted by Crippen LogP contribution is -2.51. The van der Waals surface area contributed by atoms with Gasteiger partial charge in [-0.3, -0.25) is 4.90 Å². The maximum atomic E-state index is 11.8. The van der Waals surface area contributed by atoms with Crippen LogP contribution in [0.4, 0.5) is 0 Å². The summed E-state index contributed by atoms with van der Waals surface area (Å²) < 4.78 is 23.6. The maximum absolute atomic E-state index is 11.8. The SMILES string of the molecule is CCNC(=NCc1ccc(S(C)(=O)=O)c(C)c1)NCC(C(C)C)N1CCC(C)CC1. The molecule has 2 rings (SSSR count). The van der Waals surface area contributed by atoms with Crippen LogP contribution in [0, 0.1) is 18.8 Å². The molecule has 1 fully saturated rings. The van der Waals surface area contributed by atoms with E-state index in [-0.39, 0.29) is 0 Å². The molecule has 1 aromatic carbocycles. The van der Waals surface area contributed by atoms with Crippen LogP contribution in [0.5, 0.6) is 0 Å². The Morgan fingerprint density at radius 1 is 1.23 bits per heavy atom. The number of likely N-dealkylation sites (tertiary alicyclic amines) is 1. The fourth-order valence-electron chi connectivity index (χ4n) is 4.09. The summed E-state index contributed by atoms with van der Waals surface area (Å²) in [6.45, 7) is 15.3. The smallest absolute Gasteiger partial charge is 0.191 e. The van der Waals surface area contributed by atoms with Gasteiger partial charge in [0.15, 0.2) is 15.8 Å². The zero-order valence-corrected chi connectivity index (χ0v) is 20.3. The van der Waals surface area contributed by atoms with Crippen molar-refractivity contribution in [1.29, 1.82) is 0 Å². The Balaban J connectivity index is 2.03. The lowest BCUT2D eigenvalue weighted by molar-refractivity contribution is 0.110. The van der Waals surface area contributed by atoms with E-state index in [1.54, 1.807) is 6.07 Å². The second-order valence-electron chi connectivity index (χ2n) is 8.98. The van der Waals surface area contributed by atoms with Crippen LogP contribution in [0.15, 0.2) is 28.1 Å². The number of nitrogens with one attached hydrogen (secondary N) is 2. The number of hydrogen-bond donors (Lipinski definition) is 2. The second-order valence-corrected chi connectivity index (χ2v) is 11.0. The fourth-order valence-corrected chi connectivity index (χ4v) is 5.04. The zero-order chi connectivity index (χ0) is 22.3. The van der Waals surface area contributed by atoms with Gasteiger partial charge in [0.25, 0.3) is 0 Å². The van der Waals surface area contributed by atoms with Crippen molar-refractivity contribution in [3.05, 3.63) is 29.3 Å². The normalized spacial score (nSPS) is 17.9. The molecule has 2 N–H and O–H groups in total. The van der Waals surface area contributed by atoms with E-state index in [1.807, 2.05) is 19.1 Å². The molecule has 6 nitrogen and oxygen atoms in total. The Kier molecular flexibility index (Phi) is 9.16. The topological polar surface area (TPSA) is 73.8 Å². The van der Waals surface area contributed by atoms with Crippen LogP contribution in [-0.4, -0.2) is 57.8 Å². The Hall–Kier alpha value is -1.60. The number of sulfone groups is 1. The number of hydrogen-bond acceptors (Lipinski definition) is 4. The predicted molar refractivity (Wildman–Crippen MR) is 126 cm³/mol. The van der Waals surface area contributed by atoms with Gasteiger partial charge >= 0.3 is 0 Å². The Bertz CT molecular complexity index is 812. The fraction of sp³-hybridized carbons (Fsp3) is 0.696. The van der Waals surface area contributed by atoms with E-state index in [4.69, 9.17) is 4.99 Å². The lowest BCUT2D eigenvalue weighted by atomic mass is 9.94. The third kappa shape index (κ3) is 7.27. The minimum Gasteiger partial charge on any atom is -0.357 e. The molecule has 170 valence electrons. The van der Waals surface area contributed by atoms with E-state index >= 15 is 0 Å². The predicted octanol–water partition coefficient (Wildman–Crippen LogP) is 3.21. The van der Waals surface area contributed by atoms with Gasteiger partial charge in [0.2, 0.25) is 0 Å². The molecule has 30 heavy (non-hydrogen) atoms. The summed E-state index contributed by atoms with van der Waals surface area (Å²) >= 11 is 0. The number of guanidine groups is 1. The van der Waals surface area contributed by atoms with Crippen LogP contribution < -0.4 is 10.6 Å². The van der Waals surface area contributed by atoms with Crippen LogP contribution in [0.2, 0.25) is 0 Å². The minimum atomic E-state index is -3.20.